The van der Waals surface area contributed by atoms with Crippen molar-refractivity contribution in [3.63, 3.8) is 0 Å². The third-order valence-electron chi connectivity index (χ3n) is 4.72. The van der Waals surface area contributed by atoms with Crippen molar-refractivity contribution in [3.05, 3.63) is 42.0 Å². The van der Waals surface area contributed by atoms with Gasteiger partial charge in [-0.3, -0.25) is 14.8 Å². The standard InChI is InChI=1S/C21H23F2N7O3.C2H3N/c1-11(22)7-15(17(23)24-3)12(2)33-21(32)29-19-16(10-27-30(19)4)18-25-8-14(9-26-18)28-20(31)13-5-6-13;1-2-3/h7-10,12-13H,3,5-6H2,1-2,4H3,(H,28,31)(H,29,32);1H3/b11-7+,17-15+;. The zero-order chi connectivity index (χ0) is 26.8. The first-order valence-electron chi connectivity index (χ1n) is 10.7. The van der Waals surface area contributed by atoms with Gasteiger partial charge < -0.3 is 10.1 Å². The molecular weight excluding hydrogens is 474 g/mol. The number of rotatable bonds is 8. The van der Waals surface area contributed by atoms with Crippen LogP contribution in [0.4, 0.5) is 25.1 Å². The number of nitrogens with zero attached hydrogens (tertiary/aromatic N) is 6. The molecule has 0 spiro atoms. The molecule has 11 nitrogen and oxygen atoms in total. The highest BCUT2D eigenvalue weighted by Crippen LogP contribution is 2.30. The third kappa shape index (κ3) is 7.79. The van der Waals surface area contributed by atoms with Crippen LogP contribution < -0.4 is 10.6 Å². The van der Waals surface area contributed by atoms with Crippen LogP contribution in [0.1, 0.15) is 33.6 Å². The smallest absolute Gasteiger partial charge is 0.413 e. The van der Waals surface area contributed by atoms with Crippen molar-refractivity contribution in [2.45, 2.75) is 39.7 Å². The van der Waals surface area contributed by atoms with Gasteiger partial charge in [-0.2, -0.15) is 14.8 Å². The van der Waals surface area contributed by atoms with Crippen LogP contribution in [0, 0.1) is 17.2 Å². The lowest BCUT2D eigenvalue weighted by atomic mass is 10.1. The Morgan fingerprint density at radius 3 is 2.44 bits per heavy atom. The van der Waals surface area contributed by atoms with E-state index >= 15 is 0 Å². The molecule has 1 unspecified atom stereocenters. The van der Waals surface area contributed by atoms with Crippen LogP contribution in [0.25, 0.3) is 11.4 Å². The van der Waals surface area contributed by atoms with E-state index in [4.69, 9.17) is 10.00 Å². The summed E-state index contributed by atoms with van der Waals surface area (Å²) in [6, 6.07) is 1.75. The number of nitriles is 1. The average molecular weight is 501 g/mol. The second kappa shape index (κ2) is 12.8. The molecule has 1 saturated carbocycles. The minimum absolute atomic E-state index is 0.0441. The Balaban J connectivity index is 0.00000145. The van der Waals surface area contributed by atoms with E-state index in [1.807, 2.05) is 0 Å². The van der Waals surface area contributed by atoms with Crippen LogP contribution in [-0.4, -0.2) is 44.6 Å². The molecule has 0 saturated heterocycles. The Bertz CT molecular complexity index is 1210. The lowest BCUT2D eigenvalue weighted by Gasteiger charge is -2.16. The summed E-state index contributed by atoms with van der Waals surface area (Å²) in [6.07, 6.45) is 4.86. The molecule has 36 heavy (non-hydrogen) atoms. The fourth-order valence-corrected chi connectivity index (χ4v) is 2.87. The molecule has 1 atom stereocenters. The number of carbonyl (C=O) groups is 2. The fraction of sp³-hybridized carbons (Fsp3) is 0.348. The quantitative estimate of drug-likeness (QED) is 0.309. The monoisotopic (exact) mass is 500 g/mol. The zero-order valence-corrected chi connectivity index (χ0v) is 20.2. The molecular formula is C23H26F2N8O3. The second-order valence-electron chi connectivity index (χ2n) is 7.62. The second-order valence-corrected chi connectivity index (χ2v) is 7.62. The molecule has 190 valence electrons. The highest BCUT2D eigenvalue weighted by molar-refractivity contribution is 5.94. The van der Waals surface area contributed by atoms with E-state index in [0.29, 0.717) is 11.3 Å². The summed E-state index contributed by atoms with van der Waals surface area (Å²) < 4.78 is 33.7. The van der Waals surface area contributed by atoms with E-state index in [2.05, 4.69) is 37.4 Å². The summed E-state index contributed by atoms with van der Waals surface area (Å²) in [5.41, 5.74) is 0.560. The number of anilines is 2. The summed E-state index contributed by atoms with van der Waals surface area (Å²) in [7, 11) is 1.58. The normalized spacial score (nSPS) is 14.3. The van der Waals surface area contributed by atoms with Crippen molar-refractivity contribution in [2.75, 3.05) is 10.6 Å². The topological polar surface area (TPSA) is 147 Å². The van der Waals surface area contributed by atoms with Crippen LogP contribution in [0.15, 0.2) is 47.0 Å². The van der Waals surface area contributed by atoms with E-state index in [-0.39, 0.29) is 29.0 Å². The molecule has 1 aliphatic rings. The highest BCUT2D eigenvalue weighted by Gasteiger charge is 2.29. The summed E-state index contributed by atoms with van der Waals surface area (Å²) in [6.45, 7) is 6.97. The number of nitrogens with one attached hydrogen (secondary N) is 2. The average Bonchev–Trinajstić information content (AvgIpc) is 3.62. The summed E-state index contributed by atoms with van der Waals surface area (Å²) in [5, 5.41) is 16.7. The van der Waals surface area contributed by atoms with E-state index in [0.717, 1.165) is 25.8 Å². The molecule has 0 aromatic carbocycles. The van der Waals surface area contributed by atoms with Crippen molar-refractivity contribution < 1.29 is 23.1 Å². The number of hydrogen-bond donors (Lipinski definition) is 2. The van der Waals surface area contributed by atoms with E-state index in [1.165, 1.54) is 37.1 Å². The van der Waals surface area contributed by atoms with E-state index in [1.54, 1.807) is 13.1 Å². The van der Waals surface area contributed by atoms with Crippen molar-refractivity contribution in [3.8, 4) is 17.5 Å². The Kier molecular flexibility index (Phi) is 9.91. The third-order valence-corrected chi connectivity index (χ3v) is 4.72. The van der Waals surface area contributed by atoms with Gasteiger partial charge in [-0.05, 0) is 39.5 Å². The van der Waals surface area contributed by atoms with Gasteiger partial charge in [0.25, 0.3) is 0 Å². The largest absolute Gasteiger partial charge is 0.441 e. The minimum atomic E-state index is -1.16. The van der Waals surface area contributed by atoms with Crippen molar-refractivity contribution in [1.29, 1.82) is 5.26 Å². The van der Waals surface area contributed by atoms with E-state index in [9.17, 15) is 18.4 Å². The number of ether oxygens (including phenoxy) is 1. The van der Waals surface area contributed by atoms with Gasteiger partial charge in [0.2, 0.25) is 11.9 Å². The van der Waals surface area contributed by atoms with Gasteiger partial charge in [-0.25, -0.2) is 24.1 Å². The van der Waals surface area contributed by atoms with Gasteiger partial charge >= 0.3 is 6.09 Å². The number of aryl methyl sites for hydroxylation is 1. The first-order chi connectivity index (χ1) is 17.1. The molecule has 2 N–H and O–H groups in total. The predicted molar refractivity (Wildman–Crippen MR) is 129 cm³/mol. The number of amides is 2. The number of aromatic nitrogens is 4. The highest BCUT2D eigenvalue weighted by atomic mass is 19.1. The van der Waals surface area contributed by atoms with Crippen LogP contribution >= 0.6 is 0 Å². The van der Waals surface area contributed by atoms with E-state index < -0.39 is 24.0 Å². The molecule has 2 aromatic rings. The lowest BCUT2D eigenvalue weighted by molar-refractivity contribution is -0.117. The molecule has 2 heterocycles. The number of halogens is 2. The van der Waals surface area contributed by atoms with Gasteiger partial charge in [0.15, 0.2) is 5.82 Å². The lowest BCUT2D eigenvalue weighted by Crippen LogP contribution is -2.23. The number of hydrogen-bond acceptors (Lipinski definition) is 8. The fourth-order valence-electron chi connectivity index (χ4n) is 2.87. The Labute approximate surface area is 206 Å². The summed E-state index contributed by atoms with van der Waals surface area (Å²) in [5.74, 6) is -1.32. The van der Waals surface area contributed by atoms with Gasteiger partial charge in [0, 0.05) is 25.5 Å². The molecule has 1 fully saturated rings. The molecule has 2 aromatic heterocycles. The maximum Gasteiger partial charge on any atom is 0.413 e. The minimum Gasteiger partial charge on any atom is -0.441 e. The molecule has 2 amide bonds. The summed E-state index contributed by atoms with van der Waals surface area (Å²) in [4.78, 5) is 35.9. The first kappa shape index (κ1) is 27.8. The Morgan fingerprint density at radius 1 is 1.31 bits per heavy atom. The van der Waals surface area contributed by atoms with Gasteiger partial charge in [-0.1, -0.05) is 0 Å². The van der Waals surface area contributed by atoms with Gasteiger partial charge in [0.1, 0.15) is 11.9 Å². The molecule has 0 aliphatic heterocycles. The number of aliphatic imine (C=N–C) groups is 1. The zero-order valence-electron chi connectivity index (χ0n) is 20.2. The van der Waals surface area contributed by atoms with Crippen LogP contribution in [0.3, 0.4) is 0 Å². The van der Waals surface area contributed by atoms with Gasteiger partial charge in [0.05, 0.1) is 41.7 Å². The van der Waals surface area contributed by atoms with Crippen molar-refractivity contribution in [2.24, 2.45) is 18.0 Å². The number of carbonyl (C=O) groups excluding carboxylic acids is 2. The Morgan fingerprint density at radius 2 is 1.92 bits per heavy atom. The summed E-state index contributed by atoms with van der Waals surface area (Å²) >= 11 is 0. The molecule has 0 radical (unpaired) electrons. The predicted octanol–water partition coefficient (Wildman–Crippen LogP) is 4.45. The maximum atomic E-state index is 13.9. The van der Waals surface area contributed by atoms with Crippen LogP contribution in [0.5, 0.6) is 0 Å². The Hall–Kier alpha value is -4.47. The van der Waals surface area contributed by atoms with Crippen molar-refractivity contribution >= 4 is 30.2 Å². The molecule has 13 heteroatoms. The van der Waals surface area contributed by atoms with Gasteiger partial charge in [-0.15, -0.1) is 0 Å². The first-order valence-corrected chi connectivity index (χ1v) is 10.7. The van der Waals surface area contributed by atoms with Crippen LogP contribution in [-0.2, 0) is 16.6 Å². The number of allylic oxidation sites excluding steroid dienone is 1. The SMILES string of the molecule is C=N/C(F)=C(\C=C(/C)F)C(C)OC(=O)Nc1c(-c2ncc(NC(=O)C3CC3)cn2)cnn1C.CC#N. The molecule has 1 aliphatic carbocycles. The molecule has 3 rings (SSSR count). The maximum absolute atomic E-state index is 13.9. The van der Waals surface area contributed by atoms with Crippen LogP contribution in [0.2, 0.25) is 0 Å². The molecule has 0 bridgehead atoms. The van der Waals surface area contributed by atoms with Crippen molar-refractivity contribution in [1.82, 2.24) is 19.7 Å².